The van der Waals surface area contributed by atoms with Crippen LogP contribution in [0, 0.1) is 10.1 Å². The molecule has 1 aromatic heterocycles. The second kappa shape index (κ2) is 5.00. The average molecular weight is 331 g/mol. The topological polar surface area (TPSA) is 99.8 Å². The third-order valence-corrected chi connectivity index (χ3v) is 3.46. The number of likely N-dealkylation sites (N-methyl/N-ethyl adjacent to an activating group) is 1. The number of rotatable bonds is 3. The minimum absolute atomic E-state index is 0.0918. The molecule has 8 nitrogen and oxygen atoms in total. The lowest BCUT2D eigenvalue weighted by atomic mass is 10.1. The van der Waals surface area contributed by atoms with E-state index in [4.69, 9.17) is 5.11 Å². The predicted molar refractivity (Wildman–Crippen MR) is 70.4 cm³/mol. The van der Waals surface area contributed by atoms with Gasteiger partial charge in [-0.2, -0.15) is 0 Å². The first-order valence-electron chi connectivity index (χ1n) is 5.40. The van der Waals surface area contributed by atoms with E-state index in [1.807, 2.05) is 0 Å². The fraction of sp³-hybridized carbons (Fsp3) is 0.400. The Labute approximate surface area is 116 Å². The van der Waals surface area contributed by atoms with Gasteiger partial charge in [-0.1, -0.05) is 0 Å². The summed E-state index contributed by atoms with van der Waals surface area (Å²) in [6.45, 7) is 0.802. The summed E-state index contributed by atoms with van der Waals surface area (Å²) in [5.74, 6) is 0.267. The first kappa shape index (κ1) is 13.5. The van der Waals surface area contributed by atoms with Crippen LogP contribution in [-0.4, -0.2) is 52.2 Å². The van der Waals surface area contributed by atoms with Gasteiger partial charge in [0.2, 0.25) is 5.82 Å². The number of anilines is 1. The Morgan fingerprint density at radius 2 is 2.32 bits per heavy atom. The Balaban J connectivity index is 2.14. The van der Waals surface area contributed by atoms with Crippen molar-refractivity contribution in [1.82, 2.24) is 9.88 Å². The molecular weight excluding hydrogens is 320 g/mol. The van der Waals surface area contributed by atoms with Crippen LogP contribution in [-0.2, 0) is 0 Å². The van der Waals surface area contributed by atoms with E-state index < -0.39 is 11.0 Å². The number of nitro groups is 1. The number of aromatic nitrogens is 1. The minimum atomic E-state index is -1.01. The molecule has 0 saturated carbocycles. The third-order valence-electron chi connectivity index (χ3n) is 3.02. The van der Waals surface area contributed by atoms with Gasteiger partial charge in [0.15, 0.2) is 0 Å². The summed E-state index contributed by atoms with van der Waals surface area (Å²) >= 11 is 3.14. The Hall–Kier alpha value is -1.90. The molecule has 102 valence electrons. The van der Waals surface area contributed by atoms with Crippen LogP contribution < -0.4 is 4.90 Å². The summed E-state index contributed by atoms with van der Waals surface area (Å²) in [4.78, 5) is 28.1. The Morgan fingerprint density at radius 1 is 1.68 bits per heavy atom. The Morgan fingerprint density at radius 3 is 2.84 bits per heavy atom. The molecule has 1 aliphatic heterocycles. The lowest BCUT2D eigenvalue weighted by molar-refractivity contribution is -0.384. The van der Waals surface area contributed by atoms with Crippen molar-refractivity contribution in [2.24, 2.45) is 0 Å². The molecule has 0 atom stereocenters. The lowest BCUT2D eigenvalue weighted by Crippen LogP contribution is -2.60. The van der Waals surface area contributed by atoms with Crippen molar-refractivity contribution < 1.29 is 14.8 Å². The van der Waals surface area contributed by atoms with E-state index in [1.165, 1.54) is 24.2 Å². The van der Waals surface area contributed by atoms with Crippen molar-refractivity contribution in [3.63, 3.8) is 0 Å². The summed E-state index contributed by atoms with van der Waals surface area (Å²) in [6, 6.07) is 1.22. The van der Waals surface area contributed by atoms with Gasteiger partial charge < -0.3 is 14.9 Å². The molecule has 0 bridgehead atoms. The molecule has 1 N–H and O–H groups in total. The largest absolute Gasteiger partial charge is 0.465 e. The molecule has 0 spiro atoms. The van der Waals surface area contributed by atoms with Gasteiger partial charge in [-0.3, -0.25) is 10.1 Å². The van der Waals surface area contributed by atoms with Crippen LogP contribution in [0.1, 0.15) is 0 Å². The second-order valence-corrected chi connectivity index (χ2v) is 5.12. The zero-order valence-corrected chi connectivity index (χ0v) is 11.6. The van der Waals surface area contributed by atoms with Crippen molar-refractivity contribution in [2.75, 3.05) is 25.0 Å². The Bertz CT molecular complexity index is 532. The first-order chi connectivity index (χ1) is 8.90. The molecule has 2 rings (SSSR count). The third kappa shape index (κ3) is 2.60. The van der Waals surface area contributed by atoms with Crippen LogP contribution in [0.5, 0.6) is 0 Å². The van der Waals surface area contributed by atoms with Crippen LogP contribution in [0.2, 0.25) is 0 Å². The first-order valence-corrected chi connectivity index (χ1v) is 6.20. The highest BCUT2D eigenvalue weighted by atomic mass is 79.9. The number of pyridine rings is 1. The number of hydrogen-bond acceptors (Lipinski definition) is 5. The molecule has 1 aliphatic rings. The zero-order chi connectivity index (χ0) is 14.2. The average Bonchev–Trinajstić information content (AvgIpc) is 2.28. The van der Waals surface area contributed by atoms with Crippen LogP contribution in [0.25, 0.3) is 0 Å². The van der Waals surface area contributed by atoms with Crippen LogP contribution in [0.15, 0.2) is 16.7 Å². The summed E-state index contributed by atoms with van der Waals surface area (Å²) in [5.41, 5.74) is -0.0918. The molecule has 0 aromatic carbocycles. The molecule has 1 amide bonds. The van der Waals surface area contributed by atoms with E-state index >= 15 is 0 Å². The lowest BCUT2D eigenvalue weighted by Gasteiger charge is -2.43. The molecular formula is C10H11BrN4O4. The van der Waals surface area contributed by atoms with E-state index in [1.54, 1.807) is 4.90 Å². The summed E-state index contributed by atoms with van der Waals surface area (Å²) < 4.78 is 0.530. The highest BCUT2D eigenvalue weighted by Crippen LogP contribution is 2.32. The van der Waals surface area contributed by atoms with Crippen molar-refractivity contribution in [1.29, 1.82) is 0 Å². The molecule has 2 heterocycles. The second-order valence-electron chi connectivity index (χ2n) is 4.21. The summed E-state index contributed by atoms with van der Waals surface area (Å²) in [7, 11) is 1.48. The maximum absolute atomic E-state index is 11.0. The van der Waals surface area contributed by atoms with Gasteiger partial charge in [0.1, 0.15) is 0 Å². The number of carbonyl (C=O) groups is 1. The quantitative estimate of drug-likeness (QED) is 0.666. The van der Waals surface area contributed by atoms with Crippen LogP contribution >= 0.6 is 15.9 Å². The molecule has 1 fully saturated rings. The number of halogens is 1. The fourth-order valence-electron chi connectivity index (χ4n) is 1.83. The van der Waals surface area contributed by atoms with Gasteiger partial charge in [0.25, 0.3) is 0 Å². The van der Waals surface area contributed by atoms with Crippen LogP contribution in [0.4, 0.5) is 16.3 Å². The normalized spacial score (nSPS) is 14.9. The van der Waals surface area contributed by atoms with Crippen molar-refractivity contribution in [3.05, 3.63) is 26.9 Å². The zero-order valence-electron chi connectivity index (χ0n) is 9.99. The van der Waals surface area contributed by atoms with E-state index in [-0.39, 0.29) is 17.5 Å². The number of carboxylic acid groups (broad SMARTS) is 1. The highest BCUT2D eigenvalue weighted by Gasteiger charge is 2.36. The van der Waals surface area contributed by atoms with Crippen LogP contribution in [0.3, 0.4) is 0 Å². The fourth-order valence-corrected chi connectivity index (χ4v) is 2.15. The maximum Gasteiger partial charge on any atom is 0.407 e. The number of amides is 1. The van der Waals surface area contributed by atoms with Gasteiger partial charge in [-0.15, -0.1) is 0 Å². The van der Waals surface area contributed by atoms with E-state index in [9.17, 15) is 14.9 Å². The smallest absolute Gasteiger partial charge is 0.407 e. The molecule has 0 unspecified atom stereocenters. The van der Waals surface area contributed by atoms with Crippen molar-refractivity contribution >= 4 is 33.5 Å². The SMILES string of the molecule is CN(C(=O)O)C1CN(c2ncc(Br)cc2[N+](=O)[O-])C1. The molecule has 19 heavy (non-hydrogen) atoms. The predicted octanol–water partition coefficient (Wildman–Crippen LogP) is 1.55. The van der Waals surface area contributed by atoms with Crippen molar-refractivity contribution in [3.8, 4) is 0 Å². The number of hydrogen-bond donors (Lipinski definition) is 1. The molecule has 0 aliphatic carbocycles. The maximum atomic E-state index is 11.0. The Kier molecular flexibility index (Phi) is 3.56. The molecule has 1 saturated heterocycles. The highest BCUT2D eigenvalue weighted by molar-refractivity contribution is 9.10. The van der Waals surface area contributed by atoms with Crippen molar-refractivity contribution in [2.45, 2.75) is 6.04 Å². The van der Waals surface area contributed by atoms with Gasteiger partial charge >= 0.3 is 11.8 Å². The number of nitrogens with zero attached hydrogens (tertiary/aromatic N) is 4. The standard InChI is InChI=1S/C10H11BrN4O4/c1-13(10(16)17)7-4-14(5-7)9-8(15(18)19)2-6(11)3-12-9/h2-3,7H,4-5H2,1H3,(H,16,17). The molecule has 1 aromatic rings. The van der Waals surface area contributed by atoms with Gasteiger partial charge in [0, 0.05) is 36.9 Å². The summed E-state index contributed by atoms with van der Waals surface area (Å²) in [6.07, 6.45) is 0.472. The van der Waals surface area contributed by atoms with Gasteiger partial charge in [0.05, 0.1) is 11.0 Å². The van der Waals surface area contributed by atoms with E-state index in [2.05, 4.69) is 20.9 Å². The monoisotopic (exact) mass is 330 g/mol. The van der Waals surface area contributed by atoms with Gasteiger partial charge in [-0.25, -0.2) is 9.78 Å². The summed E-state index contributed by atoms with van der Waals surface area (Å²) in [5, 5.41) is 19.8. The minimum Gasteiger partial charge on any atom is -0.465 e. The van der Waals surface area contributed by atoms with E-state index in [0.29, 0.717) is 17.6 Å². The molecule has 0 radical (unpaired) electrons. The van der Waals surface area contributed by atoms with Gasteiger partial charge in [-0.05, 0) is 15.9 Å². The molecule has 9 heteroatoms. The van der Waals surface area contributed by atoms with E-state index in [0.717, 1.165) is 0 Å².